The number of sulfonamides is 1. The van der Waals surface area contributed by atoms with Crippen molar-refractivity contribution in [3.05, 3.63) is 42.5 Å². The lowest BCUT2D eigenvalue weighted by Crippen LogP contribution is -2.25. The predicted molar refractivity (Wildman–Crippen MR) is 96.2 cm³/mol. The first kappa shape index (κ1) is 19.1. The van der Waals surface area contributed by atoms with E-state index in [1.807, 2.05) is 44.3 Å². The molecule has 0 spiro atoms. The van der Waals surface area contributed by atoms with Gasteiger partial charge in [-0.05, 0) is 11.5 Å². The molecule has 0 saturated carbocycles. The minimum absolute atomic E-state index is 0.136. The van der Waals surface area contributed by atoms with Crippen LogP contribution in [0.1, 0.15) is 13.3 Å². The van der Waals surface area contributed by atoms with E-state index in [1.165, 1.54) is 14.1 Å². The molecule has 0 fully saturated rings. The van der Waals surface area contributed by atoms with Crippen molar-refractivity contribution in [2.75, 3.05) is 32.3 Å². The van der Waals surface area contributed by atoms with E-state index < -0.39 is 10.0 Å². The highest BCUT2D eigenvalue weighted by Crippen LogP contribution is 2.26. The third-order valence-electron chi connectivity index (χ3n) is 3.47. The van der Waals surface area contributed by atoms with Gasteiger partial charge in [-0.1, -0.05) is 43.3 Å². The Morgan fingerprint density at radius 3 is 2.04 bits per heavy atom. The largest absolute Gasteiger partial charge is 0.315 e. The number of benzene rings is 2. The van der Waals surface area contributed by atoms with E-state index in [2.05, 4.69) is 12.1 Å². The summed E-state index contributed by atoms with van der Waals surface area (Å²) in [7, 11) is 1.91. The van der Waals surface area contributed by atoms with E-state index in [9.17, 15) is 13.2 Å². The van der Waals surface area contributed by atoms with Crippen molar-refractivity contribution in [3.63, 3.8) is 0 Å². The first-order valence-electron chi connectivity index (χ1n) is 7.30. The Bertz CT molecular complexity index is 765. The minimum atomic E-state index is -2.91. The molecule has 6 heteroatoms. The van der Waals surface area contributed by atoms with Crippen molar-refractivity contribution in [1.29, 1.82) is 0 Å². The summed E-state index contributed by atoms with van der Waals surface area (Å²) in [4.78, 5) is 13.4. The Hall–Kier alpha value is -1.92. The average Bonchev–Trinajstić information content (AvgIpc) is 2.52. The highest BCUT2D eigenvalue weighted by atomic mass is 32.2. The summed E-state index contributed by atoms with van der Waals surface area (Å²) in [5, 5.41) is 2.28. The first-order chi connectivity index (χ1) is 10.7. The molecule has 126 valence electrons. The van der Waals surface area contributed by atoms with Crippen molar-refractivity contribution in [3.8, 4) is 0 Å². The average molecular weight is 336 g/mol. The van der Waals surface area contributed by atoms with Gasteiger partial charge >= 0.3 is 0 Å². The van der Waals surface area contributed by atoms with Gasteiger partial charge in [-0.15, -0.1) is 0 Å². The molecule has 0 aliphatic heterocycles. The summed E-state index contributed by atoms with van der Waals surface area (Å²) < 4.78 is 21.7. The zero-order chi connectivity index (χ0) is 17.6. The van der Waals surface area contributed by atoms with E-state index in [0.29, 0.717) is 6.42 Å². The second kappa shape index (κ2) is 8.08. The quantitative estimate of drug-likeness (QED) is 0.866. The van der Waals surface area contributed by atoms with Crippen LogP contribution in [0.3, 0.4) is 0 Å². The molecule has 0 radical (unpaired) electrons. The van der Waals surface area contributed by atoms with Gasteiger partial charge in [0.05, 0.1) is 11.9 Å². The zero-order valence-corrected chi connectivity index (χ0v) is 15.1. The van der Waals surface area contributed by atoms with Gasteiger partial charge in [-0.3, -0.25) is 4.79 Å². The number of hydrogen-bond donors (Lipinski definition) is 0. The molecular formula is C17H24N2O3S. The molecule has 2 aromatic carbocycles. The van der Waals surface area contributed by atoms with Crippen LogP contribution in [0, 0.1) is 0 Å². The maximum atomic E-state index is 11.7. The van der Waals surface area contributed by atoms with Gasteiger partial charge in [0.1, 0.15) is 0 Å². The molecule has 0 aromatic heterocycles. The molecule has 0 saturated heterocycles. The molecule has 0 heterocycles. The number of anilines is 1. The fourth-order valence-corrected chi connectivity index (χ4v) is 1.87. The van der Waals surface area contributed by atoms with Crippen LogP contribution in [0.2, 0.25) is 0 Å². The van der Waals surface area contributed by atoms with Crippen molar-refractivity contribution < 1.29 is 13.2 Å². The molecular weight excluding hydrogens is 312 g/mol. The zero-order valence-electron chi connectivity index (χ0n) is 14.3. The summed E-state index contributed by atoms with van der Waals surface area (Å²) in [5.74, 6) is 0.136. The van der Waals surface area contributed by atoms with Crippen LogP contribution in [-0.4, -0.2) is 46.0 Å². The summed E-state index contributed by atoms with van der Waals surface area (Å²) in [6, 6.07) is 14.1. The fourth-order valence-electron chi connectivity index (χ4n) is 1.87. The molecule has 0 atom stereocenters. The molecule has 0 aliphatic rings. The highest BCUT2D eigenvalue weighted by molar-refractivity contribution is 7.88. The van der Waals surface area contributed by atoms with E-state index in [1.54, 1.807) is 4.90 Å². The third kappa shape index (κ3) is 5.33. The van der Waals surface area contributed by atoms with Crippen molar-refractivity contribution in [2.24, 2.45) is 0 Å². The monoisotopic (exact) mass is 336 g/mol. The third-order valence-corrected chi connectivity index (χ3v) is 4.79. The number of rotatable bonds is 3. The Balaban J connectivity index is 0.000000322. The highest BCUT2D eigenvalue weighted by Gasteiger charge is 2.10. The van der Waals surface area contributed by atoms with E-state index in [0.717, 1.165) is 27.0 Å². The van der Waals surface area contributed by atoms with Crippen LogP contribution in [-0.2, 0) is 14.8 Å². The molecule has 2 rings (SSSR count). The number of carbonyl (C=O) groups excluding carboxylic acids is 1. The van der Waals surface area contributed by atoms with Gasteiger partial charge in [0.15, 0.2) is 0 Å². The molecule has 2 aromatic rings. The van der Waals surface area contributed by atoms with Crippen LogP contribution in [0.15, 0.2) is 42.5 Å². The number of amides is 1. The molecule has 0 bridgehead atoms. The lowest BCUT2D eigenvalue weighted by Gasteiger charge is -2.18. The maximum Gasteiger partial charge on any atom is 0.226 e. The fraction of sp³-hybridized carbons (Fsp3) is 0.353. The Morgan fingerprint density at radius 1 is 1.00 bits per heavy atom. The van der Waals surface area contributed by atoms with E-state index in [4.69, 9.17) is 0 Å². The smallest absolute Gasteiger partial charge is 0.226 e. The topological polar surface area (TPSA) is 57.7 Å². The molecule has 0 unspecified atom stereocenters. The maximum absolute atomic E-state index is 11.7. The number of nitrogens with zero attached hydrogens (tertiary/aromatic N) is 2. The molecule has 5 nitrogen and oxygen atoms in total. The predicted octanol–water partition coefficient (Wildman–Crippen LogP) is 2.72. The van der Waals surface area contributed by atoms with Crippen LogP contribution in [0.4, 0.5) is 5.69 Å². The van der Waals surface area contributed by atoms with Gasteiger partial charge in [-0.25, -0.2) is 12.7 Å². The van der Waals surface area contributed by atoms with Gasteiger partial charge < -0.3 is 4.90 Å². The SMILES string of the molecule is CCC(=O)N(C)c1cccc2ccccc12.CN(C)S(C)(=O)=O. The van der Waals surface area contributed by atoms with Gasteiger partial charge in [0, 0.05) is 33.0 Å². The lowest BCUT2D eigenvalue weighted by atomic mass is 10.1. The van der Waals surface area contributed by atoms with Crippen molar-refractivity contribution in [2.45, 2.75) is 13.3 Å². The van der Waals surface area contributed by atoms with Gasteiger partial charge in [-0.2, -0.15) is 0 Å². The van der Waals surface area contributed by atoms with Crippen LogP contribution in [0.25, 0.3) is 10.8 Å². The summed E-state index contributed by atoms with van der Waals surface area (Å²) in [5.41, 5.74) is 0.977. The van der Waals surface area contributed by atoms with E-state index >= 15 is 0 Å². The molecule has 23 heavy (non-hydrogen) atoms. The summed E-state index contributed by atoms with van der Waals surface area (Å²) in [6.45, 7) is 1.88. The van der Waals surface area contributed by atoms with E-state index in [-0.39, 0.29) is 5.91 Å². The normalized spacial score (nSPS) is 11.0. The van der Waals surface area contributed by atoms with Crippen LogP contribution in [0.5, 0.6) is 0 Å². The molecule has 0 N–H and O–H groups in total. The second-order valence-electron chi connectivity index (χ2n) is 5.35. The van der Waals surface area contributed by atoms with Crippen LogP contribution < -0.4 is 4.90 Å². The van der Waals surface area contributed by atoms with Crippen molar-refractivity contribution in [1.82, 2.24) is 4.31 Å². The lowest BCUT2D eigenvalue weighted by molar-refractivity contribution is -0.118. The molecule has 1 amide bonds. The van der Waals surface area contributed by atoms with Crippen LogP contribution >= 0.6 is 0 Å². The van der Waals surface area contributed by atoms with Gasteiger partial charge in [0.2, 0.25) is 15.9 Å². The van der Waals surface area contributed by atoms with Crippen molar-refractivity contribution >= 4 is 32.4 Å². The van der Waals surface area contributed by atoms with Gasteiger partial charge in [0.25, 0.3) is 0 Å². The number of fused-ring (bicyclic) bond motifs is 1. The summed E-state index contributed by atoms with van der Waals surface area (Å²) in [6.07, 6.45) is 1.69. The number of carbonyl (C=O) groups is 1. The standard InChI is InChI=1S/C14H15NO.C3H9NO2S/c1-3-14(16)15(2)13-10-6-8-11-7-4-5-9-12(11)13;1-4(2)7(3,5)6/h4-10H,3H2,1-2H3;1-3H3. The second-order valence-corrected chi connectivity index (χ2v) is 7.55. The Labute approximate surface area is 138 Å². The minimum Gasteiger partial charge on any atom is -0.315 e. The molecule has 0 aliphatic carbocycles. The Morgan fingerprint density at radius 2 is 1.52 bits per heavy atom. The number of hydrogen-bond acceptors (Lipinski definition) is 3. The summed E-state index contributed by atoms with van der Waals surface area (Å²) >= 11 is 0. The first-order valence-corrected chi connectivity index (χ1v) is 9.15. The Kier molecular flexibility index (Phi) is 6.72.